The number of hydrogen-bond donors (Lipinski definition) is 1. The van der Waals surface area contributed by atoms with Crippen LogP contribution in [0.4, 0.5) is 11.4 Å². The summed E-state index contributed by atoms with van der Waals surface area (Å²) in [7, 11) is 1.29. The molecule has 0 saturated heterocycles. The van der Waals surface area contributed by atoms with Crippen molar-refractivity contribution in [3.8, 4) is 0 Å². The lowest BCUT2D eigenvalue weighted by Crippen LogP contribution is -2.28. The Kier molecular flexibility index (Phi) is 5.42. The van der Waals surface area contributed by atoms with E-state index in [1.807, 2.05) is 36.4 Å². The molecule has 1 N–H and O–H groups in total. The molecule has 1 heterocycles. The van der Waals surface area contributed by atoms with E-state index in [4.69, 9.17) is 11.6 Å². The van der Waals surface area contributed by atoms with E-state index in [-0.39, 0.29) is 18.2 Å². The van der Waals surface area contributed by atoms with Crippen molar-refractivity contribution in [3.05, 3.63) is 70.7 Å². The van der Waals surface area contributed by atoms with E-state index in [1.54, 1.807) is 4.90 Å². The van der Waals surface area contributed by atoms with Gasteiger partial charge in [-0.1, -0.05) is 35.9 Å². The molecule has 0 unspecified atom stereocenters. The van der Waals surface area contributed by atoms with Crippen LogP contribution in [-0.4, -0.2) is 31.4 Å². The molecule has 0 spiro atoms. The van der Waals surface area contributed by atoms with Crippen molar-refractivity contribution >= 4 is 51.5 Å². The van der Waals surface area contributed by atoms with Gasteiger partial charge in [-0.25, -0.2) is 4.79 Å². The van der Waals surface area contributed by atoms with E-state index in [0.29, 0.717) is 34.8 Å². The lowest BCUT2D eigenvalue weighted by atomic mass is 10.1. The summed E-state index contributed by atoms with van der Waals surface area (Å²) in [5.41, 5.74) is 2.21. The van der Waals surface area contributed by atoms with Gasteiger partial charge in [-0.05, 0) is 42.1 Å². The average molecular weight is 423 g/mol. The van der Waals surface area contributed by atoms with Gasteiger partial charge in [0.2, 0.25) is 5.91 Å². The van der Waals surface area contributed by atoms with Crippen molar-refractivity contribution in [2.24, 2.45) is 0 Å². The number of rotatable bonds is 6. The van der Waals surface area contributed by atoms with Crippen molar-refractivity contribution in [1.82, 2.24) is 0 Å². The number of anilines is 2. The van der Waals surface area contributed by atoms with Gasteiger partial charge in [-0.3, -0.25) is 9.59 Å². The van der Waals surface area contributed by atoms with Gasteiger partial charge in [-0.2, -0.15) is 0 Å². The average Bonchev–Trinajstić information content (AvgIpc) is 3.03. The summed E-state index contributed by atoms with van der Waals surface area (Å²) in [6, 6.07) is 16.1. The fourth-order valence-electron chi connectivity index (χ4n) is 3.68. The van der Waals surface area contributed by atoms with Crippen LogP contribution >= 0.6 is 11.6 Å². The van der Waals surface area contributed by atoms with Crippen LogP contribution in [0.15, 0.2) is 54.6 Å². The monoisotopic (exact) mass is 422 g/mol. The van der Waals surface area contributed by atoms with Crippen LogP contribution < -0.4 is 10.2 Å². The van der Waals surface area contributed by atoms with Gasteiger partial charge in [0, 0.05) is 23.9 Å². The van der Waals surface area contributed by atoms with Crippen LogP contribution in [-0.2, 0) is 9.53 Å². The molecule has 0 aromatic heterocycles. The summed E-state index contributed by atoms with van der Waals surface area (Å²) >= 11 is 6.12. The number of hydrogen-bond acceptors (Lipinski definition) is 4. The van der Waals surface area contributed by atoms with Gasteiger partial charge < -0.3 is 15.0 Å². The van der Waals surface area contributed by atoms with Crippen LogP contribution in [0, 0.1) is 0 Å². The van der Waals surface area contributed by atoms with E-state index in [2.05, 4.69) is 10.1 Å². The number of esters is 1. The third kappa shape index (κ3) is 3.62. The largest absolute Gasteiger partial charge is 0.465 e. The lowest BCUT2D eigenvalue weighted by molar-refractivity contribution is -0.116. The Morgan fingerprint density at radius 1 is 1.10 bits per heavy atom. The second kappa shape index (κ2) is 8.16. The van der Waals surface area contributed by atoms with Crippen LogP contribution in [0.3, 0.4) is 0 Å². The first-order valence-electron chi connectivity index (χ1n) is 9.51. The second-order valence-corrected chi connectivity index (χ2v) is 7.38. The summed E-state index contributed by atoms with van der Waals surface area (Å²) in [6.45, 7) is 0.427. The third-order valence-electron chi connectivity index (χ3n) is 5.10. The topological polar surface area (TPSA) is 75.7 Å². The van der Waals surface area contributed by atoms with Gasteiger partial charge in [0.05, 0.1) is 29.1 Å². The van der Waals surface area contributed by atoms with Crippen molar-refractivity contribution in [2.45, 2.75) is 12.8 Å². The number of carbonyl (C=O) groups is 3. The molecule has 4 rings (SSSR count). The summed E-state index contributed by atoms with van der Waals surface area (Å²) in [4.78, 5) is 38.6. The number of benzene rings is 3. The normalized spacial score (nSPS) is 12.3. The first kappa shape index (κ1) is 19.9. The summed E-state index contributed by atoms with van der Waals surface area (Å²) in [5, 5.41) is 5.03. The minimum atomic E-state index is -0.511. The Labute approximate surface area is 178 Å². The predicted molar refractivity (Wildman–Crippen MR) is 116 cm³/mol. The molecule has 30 heavy (non-hydrogen) atoms. The maximum atomic E-state index is 12.8. The molecule has 0 radical (unpaired) electrons. The van der Waals surface area contributed by atoms with E-state index >= 15 is 0 Å². The quantitative estimate of drug-likeness (QED) is 0.586. The number of halogens is 1. The minimum absolute atomic E-state index is 0.0453. The summed E-state index contributed by atoms with van der Waals surface area (Å²) in [5.74, 6) is -0.805. The van der Waals surface area contributed by atoms with Crippen LogP contribution in [0.5, 0.6) is 0 Å². The van der Waals surface area contributed by atoms with E-state index in [0.717, 1.165) is 16.5 Å². The zero-order valence-corrected chi connectivity index (χ0v) is 17.0. The maximum Gasteiger partial charge on any atom is 0.337 e. The number of amides is 2. The maximum absolute atomic E-state index is 12.8. The smallest absolute Gasteiger partial charge is 0.337 e. The molecule has 0 fully saturated rings. The number of ether oxygens (including phenoxy) is 1. The van der Waals surface area contributed by atoms with Crippen LogP contribution in [0.25, 0.3) is 10.8 Å². The van der Waals surface area contributed by atoms with Gasteiger partial charge >= 0.3 is 5.97 Å². The molecule has 0 saturated carbocycles. The van der Waals surface area contributed by atoms with E-state index in [1.165, 1.54) is 25.3 Å². The highest BCUT2D eigenvalue weighted by molar-refractivity contribution is 6.33. The molecule has 3 aromatic rings. The lowest BCUT2D eigenvalue weighted by Gasteiger charge is -2.17. The Morgan fingerprint density at radius 2 is 1.87 bits per heavy atom. The molecule has 152 valence electrons. The molecule has 1 aliphatic rings. The van der Waals surface area contributed by atoms with Gasteiger partial charge in [0.1, 0.15) is 0 Å². The van der Waals surface area contributed by atoms with Crippen molar-refractivity contribution in [1.29, 1.82) is 0 Å². The Morgan fingerprint density at radius 3 is 2.63 bits per heavy atom. The standard InChI is InChI=1S/C23H19ClN2O4/c1-30-23(29)15-10-11-17(24)18(13-15)25-20(27)9-4-12-26-19-8-3-6-14-5-2-7-16(21(14)19)22(26)28/h2-3,5-8,10-11,13H,4,9,12H2,1H3,(H,25,27). The van der Waals surface area contributed by atoms with E-state index in [9.17, 15) is 14.4 Å². The molecule has 2 amide bonds. The van der Waals surface area contributed by atoms with Gasteiger partial charge in [-0.15, -0.1) is 0 Å². The molecule has 0 bridgehead atoms. The molecular weight excluding hydrogens is 404 g/mol. The molecule has 1 aliphatic heterocycles. The third-order valence-corrected chi connectivity index (χ3v) is 5.43. The number of nitrogens with one attached hydrogen (secondary N) is 1. The van der Waals surface area contributed by atoms with Crippen molar-refractivity contribution < 1.29 is 19.1 Å². The van der Waals surface area contributed by atoms with Crippen LogP contribution in [0.2, 0.25) is 5.02 Å². The zero-order valence-electron chi connectivity index (χ0n) is 16.3. The SMILES string of the molecule is COC(=O)c1ccc(Cl)c(NC(=O)CCCN2C(=O)c3cccc4cccc2c34)c1. The van der Waals surface area contributed by atoms with Crippen molar-refractivity contribution in [2.75, 3.05) is 23.9 Å². The second-order valence-electron chi connectivity index (χ2n) is 6.98. The fraction of sp³-hybridized carbons (Fsp3) is 0.174. The van der Waals surface area contributed by atoms with Crippen molar-refractivity contribution in [3.63, 3.8) is 0 Å². The molecule has 0 atom stereocenters. The first-order valence-corrected chi connectivity index (χ1v) is 9.88. The number of nitrogens with zero attached hydrogens (tertiary/aromatic N) is 1. The van der Waals surface area contributed by atoms with Crippen LogP contribution in [0.1, 0.15) is 33.6 Å². The highest BCUT2D eigenvalue weighted by Crippen LogP contribution is 2.37. The van der Waals surface area contributed by atoms with Gasteiger partial charge in [0.15, 0.2) is 0 Å². The number of carbonyl (C=O) groups excluding carboxylic acids is 3. The molecular formula is C23H19ClN2O4. The number of methoxy groups -OCH3 is 1. The zero-order chi connectivity index (χ0) is 21.3. The first-order chi connectivity index (χ1) is 14.5. The molecule has 7 heteroatoms. The highest BCUT2D eigenvalue weighted by Gasteiger charge is 2.29. The predicted octanol–water partition coefficient (Wildman–Crippen LogP) is 4.66. The Hall–Kier alpha value is -3.38. The fourth-order valence-corrected chi connectivity index (χ4v) is 3.84. The highest BCUT2D eigenvalue weighted by atomic mass is 35.5. The molecule has 6 nitrogen and oxygen atoms in total. The Balaban J connectivity index is 1.40. The Bertz CT molecular complexity index is 1170. The minimum Gasteiger partial charge on any atom is -0.465 e. The van der Waals surface area contributed by atoms with Gasteiger partial charge in [0.25, 0.3) is 5.91 Å². The summed E-state index contributed by atoms with van der Waals surface area (Å²) < 4.78 is 4.69. The van der Waals surface area contributed by atoms with E-state index < -0.39 is 5.97 Å². The summed E-state index contributed by atoms with van der Waals surface area (Å²) in [6.07, 6.45) is 0.686. The molecule has 0 aliphatic carbocycles. The molecule has 3 aromatic carbocycles.